The average Bonchev–Trinajstić information content (AvgIpc) is 2.77. The molecule has 0 aliphatic heterocycles. The zero-order valence-electron chi connectivity index (χ0n) is 13.6. The lowest BCUT2D eigenvalue weighted by atomic mass is 9.89. The lowest BCUT2D eigenvalue weighted by Crippen LogP contribution is -2.09. The van der Waals surface area contributed by atoms with Crippen LogP contribution < -0.4 is 0 Å². The molecule has 0 aliphatic rings. The molecule has 1 aromatic carbocycles. The van der Waals surface area contributed by atoms with E-state index in [-0.39, 0.29) is 5.41 Å². The summed E-state index contributed by atoms with van der Waals surface area (Å²) < 4.78 is 5.45. The van der Waals surface area contributed by atoms with Crippen molar-refractivity contribution >= 4 is 11.0 Å². The molecule has 1 heterocycles. The summed E-state index contributed by atoms with van der Waals surface area (Å²) in [6.45, 7) is 12.6. The molecule has 2 aromatic rings. The van der Waals surface area contributed by atoms with Crippen LogP contribution in [0.25, 0.3) is 11.0 Å². The fourth-order valence-corrected chi connectivity index (χ4v) is 2.22. The van der Waals surface area contributed by atoms with E-state index in [4.69, 9.17) is 4.52 Å². The minimum absolute atomic E-state index is 0.173. The maximum absolute atomic E-state index is 9.89. The fourth-order valence-electron chi connectivity index (χ4n) is 2.22. The van der Waals surface area contributed by atoms with Gasteiger partial charge in [-0.15, -0.1) is 0 Å². The predicted octanol–water partition coefficient (Wildman–Crippen LogP) is 5.10. The first-order valence-corrected chi connectivity index (χ1v) is 7.51. The molecule has 0 fully saturated rings. The Balaban J connectivity index is 0.000000956. The Hall–Kier alpha value is -1.51. The highest BCUT2D eigenvalue weighted by Crippen LogP contribution is 2.32. The van der Waals surface area contributed by atoms with Gasteiger partial charge in [-0.05, 0) is 30.4 Å². The average molecular weight is 277 g/mol. The minimum atomic E-state index is 0.173. The zero-order valence-corrected chi connectivity index (χ0v) is 13.6. The second-order valence-electron chi connectivity index (χ2n) is 6.06. The molecule has 0 aliphatic carbocycles. The van der Waals surface area contributed by atoms with Gasteiger partial charge in [-0.3, -0.25) is 0 Å². The number of aromatic hydroxyl groups is 1. The zero-order chi connectivity index (χ0) is 15.3. The van der Waals surface area contributed by atoms with E-state index in [9.17, 15) is 5.11 Å². The molecule has 0 saturated carbocycles. The van der Waals surface area contributed by atoms with E-state index < -0.39 is 0 Å². The Bertz CT molecular complexity index is 550. The highest BCUT2D eigenvalue weighted by atomic mass is 16.5. The number of hydrogen-bond donors (Lipinski definition) is 1. The van der Waals surface area contributed by atoms with Crippen molar-refractivity contribution in [2.24, 2.45) is 5.41 Å². The van der Waals surface area contributed by atoms with Crippen molar-refractivity contribution in [1.29, 1.82) is 0 Å². The van der Waals surface area contributed by atoms with Crippen molar-refractivity contribution in [3.05, 3.63) is 23.4 Å². The van der Waals surface area contributed by atoms with Crippen LogP contribution in [0.5, 0.6) is 5.75 Å². The summed E-state index contributed by atoms with van der Waals surface area (Å²) in [5.74, 6) is 0.308. The number of rotatable bonds is 3. The minimum Gasteiger partial charge on any atom is -0.508 e. The molecule has 0 amide bonds. The topological polar surface area (TPSA) is 46.3 Å². The summed E-state index contributed by atoms with van der Waals surface area (Å²) in [4.78, 5) is 0. The standard InChI is InChI=1S/C15H21NO2.C2H6/c1-5-6-11-13(17)8-7-10-12(9-15(2,3)4)16-18-14(10)11;1-2/h7-8,17H,5-6,9H2,1-4H3;1-2H3. The van der Waals surface area contributed by atoms with Crippen molar-refractivity contribution in [1.82, 2.24) is 5.16 Å². The Morgan fingerprint density at radius 2 is 1.85 bits per heavy atom. The van der Waals surface area contributed by atoms with Crippen LogP contribution in [0.1, 0.15) is 59.2 Å². The first kappa shape index (κ1) is 16.5. The third-order valence-electron chi connectivity index (χ3n) is 2.99. The smallest absolute Gasteiger partial charge is 0.174 e. The number of nitrogens with zero attached hydrogens (tertiary/aromatic N) is 1. The van der Waals surface area contributed by atoms with Crippen LogP contribution in [-0.2, 0) is 12.8 Å². The van der Waals surface area contributed by atoms with E-state index >= 15 is 0 Å². The van der Waals surface area contributed by atoms with Crippen LogP contribution in [0.15, 0.2) is 16.7 Å². The lowest BCUT2D eigenvalue weighted by molar-refractivity contribution is 0.381. The van der Waals surface area contributed by atoms with Crippen LogP contribution >= 0.6 is 0 Å². The van der Waals surface area contributed by atoms with E-state index in [1.807, 2.05) is 19.9 Å². The van der Waals surface area contributed by atoms with Crippen molar-refractivity contribution in [3.8, 4) is 5.75 Å². The second-order valence-corrected chi connectivity index (χ2v) is 6.06. The van der Waals surface area contributed by atoms with Gasteiger partial charge in [0.25, 0.3) is 0 Å². The highest BCUT2D eigenvalue weighted by molar-refractivity contribution is 5.84. The van der Waals surface area contributed by atoms with Crippen molar-refractivity contribution in [2.45, 2.75) is 60.8 Å². The molecule has 3 nitrogen and oxygen atoms in total. The van der Waals surface area contributed by atoms with Gasteiger partial charge in [-0.1, -0.05) is 53.1 Å². The van der Waals surface area contributed by atoms with Gasteiger partial charge in [0.15, 0.2) is 5.58 Å². The van der Waals surface area contributed by atoms with Gasteiger partial charge < -0.3 is 9.63 Å². The third-order valence-corrected chi connectivity index (χ3v) is 2.99. The Morgan fingerprint density at radius 1 is 1.20 bits per heavy atom. The molecule has 0 unspecified atom stereocenters. The largest absolute Gasteiger partial charge is 0.508 e. The molecule has 3 heteroatoms. The maximum atomic E-state index is 9.89. The van der Waals surface area contributed by atoms with Crippen LogP contribution in [0.3, 0.4) is 0 Å². The van der Waals surface area contributed by atoms with Gasteiger partial charge in [0.05, 0.1) is 5.69 Å². The van der Waals surface area contributed by atoms with Gasteiger partial charge >= 0.3 is 0 Å². The molecular weight excluding hydrogens is 250 g/mol. The molecule has 0 spiro atoms. The van der Waals surface area contributed by atoms with Crippen LogP contribution in [-0.4, -0.2) is 10.3 Å². The lowest BCUT2D eigenvalue weighted by Gasteiger charge is -2.15. The summed E-state index contributed by atoms with van der Waals surface area (Å²) in [7, 11) is 0. The molecule has 0 atom stereocenters. The van der Waals surface area contributed by atoms with Gasteiger partial charge in [-0.2, -0.15) is 0 Å². The van der Waals surface area contributed by atoms with E-state index in [2.05, 4.69) is 32.9 Å². The normalized spacial score (nSPS) is 11.3. The number of fused-ring (bicyclic) bond motifs is 1. The summed E-state index contributed by atoms with van der Waals surface area (Å²) in [5.41, 5.74) is 2.78. The number of phenolic OH excluding ortho intramolecular Hbond substituents is 1. The van der Waals surface area contributed by atoms with Crippen molar-refractivity contribution < 1.29 is 9.63 Å². The number of benzene rings is 1. The summed E-state index contributed by atoms with van der Waals surface area (Å²) in [6, 6.07) is 3.65. The molecule has 1 aromatic heterocycles. The van der Waals surface area contributed by atoms with Crippen molar-refractivity contribution in [2.75, 3.05) is 0 Å². The maximum Gasteiger partial charge on any atom is 0.174 e. The Kier molecular flexibility index (Phi) is 5.61. The van der Waals surface area contributed by atoms with Gasteiger partial charge in [0.1, 0.15) is 5.75 Å². The molecule has 20 heavy (non-hydrogen) atoms. The van der Waals surface area contributed by atoms with Gasteiger partial charge in [-0.25, -0.2) is 0 Å². The SMILES string of the molecule is CC.CCCc1c(O)ccc2c(CC(C)(C)C)noc12. The molecule has 2 rings (SSSR count). The number of phenols is 1. The number of hydrogen-bond acceptors (Lipinski definition) is 3. The van der Waals surface area contributed by atoms with E-state index in [0.717, 1.165) is 41.5 Å². The molecular formula is C17H27NO2. The van der Waals surface area contributed by atoms with Gasteiger partial charge in [0, 0.05) is 10.9 Å². The highest BCUT2D eigenvalue weighted by Gasteiger charge is 2.19. The van der Waals surface area contributed by atoms with Crippen molar-refractivity contribution in [3.63, 3.8) is 0 Å². The van der Waals surface area contributed by atoms with E-state index in [1.165, 1.54) is 0 Å². The molecule has 0 saturated heterocycles. The van der Waals surface area contributed by atoms with Gasteiger partial charge in [0.2, 0.25) is 0 Å². The quantitative estimate of drug-likeness (QED) is 0.848. The predicted molar refractivity (Wildman–Crippen MR) is 84.2 cm³/mol. The summed E-state index contributed by atoms with van der Waals surface area (Å²) in [5, 5.41) is 15.1. The molecule has 1 N–H and O–H groups in total. The summed E-state index contributed by atoms with van der Waals surface area (Å²) >= 11 is 0. The van der Waals surface area contributed by atoms with Crippen LogP contribution in [0.4, 0.5) is 0 Å². The Labute approximate surface area is 122 Å². The first-order valence-electron chi connectivity index (χ1n) is 7.51. The monoisotopic (exact) mass is 277 g/mol. The van der Waals surface area contributed by atoms with E-state index in [1.54, 1.807) is 6.07 Å². The van der Waals surface area contributed by atoms with E-state index in [0.29, 0.717) is 5.75 Å². The fraction of sp³-hybridized carbons (Fsp3) is 0.588. The Morgan fingerprint density at radius 3 is 2.40 bits per heavy atom. The van der Waals surface area contributed by atoms with Crippen LogP contribution in [0, 0.1) is 5.41 Å². The first-order chi connectivity index (χ1) is 9.42. The second kappa shape index (κ2) is 6.78. The summed E-state index contributed by atoms with van der Waals surface area (Å²) in [6.07, 6.45) is 2.66. The molecule has 112 valence electrons. The third kappa shape index (κ3) is 3.75. The molecule has 0 radical (unpaired) electrons. The van der Waals surface area contributed by atoms with Crippen LogP contribution in [0.2, 0.25) is 0 Å². The number of aromatic nitrogens is 1. The molecule has 0 bridgehead atoms. The number of aryl methyl sites for hydroxylation is 1.